The number of para-hydroxylation sites is 1. The third kappa shape index (κ3) is 5.18. The van der Waals surface area contributed by atoms with Gasteiger partial charge in [-0.15, -0.1) is 0 Å². The molecule has 0 radical (unpaired) electrons. The molecule has 0 aliphatic carbocycles. The van der Waals surface area contributed by atoms with E-state index in [1.54, 1.807) is 25.6 Å². The summed E-state index contributed by atoms with van der Waals surface area (Å²) in [4.78, 5) is 34.8. The number of anilines is 1. The summed E-state index contributed by atoms with van der Waals surface area (Å²) in [6.07, 6.45) is 5.30. The van der Waals surface area contributed by atoms with Crippen molar-refractivity contribution in [3.63, 3.8) is 0 Å². The number of nitrogens with zero attached hydrogens (tertiary/aromatic N) is 3. The summed E-state index contributed by atoms with van der Waals surface area (Å²) < 4.78 is 5.24. The summed E-state index contributed by atoms with van der Waals surface area (Å²) in [5, 5.41) is 5.37. The highest BCUT2D eigenvalue weighted by Gasteiger charge is 2.22. The Morgan fingerprint density at radius 1 is 1.07 bits per heavy atom. The van der Waals surface area contributed by atoms with Crippen LogP contribution in [0.25, 0.3) is 0 Å². The normalized spacial score (nSPS) is 14.4. The highest BCUT2D eigenvalue weighted by atomic mass is 16.5. The second-order valence-corrected chi connectivity index (χ2v) is 6.68. The van der Waals surface area contributed by atoms with Crippen LogP contribution in [0.15, 0.2) is 42.7 Å². The molecule has 2 aromatic rings. The van der Waals surface area contributed by atoms with E-state index in [9.17, 15) is 9.59 Å². The SMILES string of the molecule is COc1ccccc1CNC(=O)C(=O)NCC1CCN(c2ncccn2)CC1. The second-order valence-electron chi connectivity index (χ2n) is 6.68. The van der Waals surface area contributed by atoms with E-state index >= 15 is 0 Å². The number of hydrogen-bond donors (Lipinski definition) is 2. The van der Waals surface area contributed by atoms with E-state index in [4.69, 9.17) is 4.74 Å². The fourth-order valence-corrected chi connectivity index (χ4v) is 3.21. The van der Waals surface area contributed by atoms with E-state index in [1.807, 2.05) is 24.3 Å². The second kappa shape index (κ2) is 9.68. The van der Waals surface area contributed by atoms with Gasteiger partial charge in [0.15, 0.2) is 0 Å². The van der Waals surface area contributed by atoms with E-state index in [2.05, 4.69) is 25.5 Å². The molecule has 2 heterocycles. The Kier molecular flexibility index (Phi) is 6.78. The lowest BCUT2D eigenvalue weighted by molar-refractivity contribution is -0.139. The van der Waals surface area contributed by atoms with Crippen LogP contribution in [0.3, 0.4) is 0 Å². The van der Waals surface area contributed by atoms with Gasteiger partial charge in [0.2, 0.25) is 5.95 Å². The van der Waals surface area contributed by atoms with E-state index in [0.29, 0.717) is 18.2 Å². The van der Waals surface area contributed by atoms with Crippen molar-refractivity contribution < 1.29 is 14.3 Å². The molecule has 1 aliphatic heterocycles. The number of aromatic nitrogens is 2. The quantitative estimate of drug-likeness (QED) is 0.726. The molecule has 148 valence electrons. The van der Waals surface area contributed by atoms with Crippen LogP contribution in [-0.4, -0.2) is 48.5 Å². The fraction of sp³-hybridized carbons (Fsp3) is 0.400. The van der Waals surface area contributed by atoms with E-state index in [0.717, 1.165) is 37.4 Å². The number of hydrogen-bond acceptors (Lipinski definition) is 6. The molecule has 1 aromatic carbocycles. The number of methoxy groups -OCH3 is 1. The van der Waals surface area contributed by atoms with Crippen LogP contribution in [0.1, 0.15) is 18.4 Å². The molecule has 8 nitrogen and oxygen atoms in total. The first-order valence-electron chi connectivity index (χ1n) is 9.37. The van der Waals surface area contributed by atoms with Crippen LogP contribution in [0.2, 0.25) is 0 Å². The molecule has 2 N–H and O–H groups in total. The zero-order chi connectivity index (χ0) is 19.8. The van der Waals surface area contributed by atoms with Crippen LogP contribution in [0, 0.1) is 5.92 Å². The van der Waals surface area contributed by atoms with Crippen molar-refractivity contribution in [1.29, 1.82) is 0 Å². The van der Waals surface area contributed by atoms with Crippen molar-refractivity contribution >= 4 is 17.8 Å². The summed E-state index contributed by atoms with van der Waals surface area (Å²) in [5.41, 5.74) is 0.821. The Labute approximate surface area is 164 Å². The molecule has 0 bridgehead atoms. The molecule has 1 aromatic heterocycles. The maximum atomic E-state index is 12.1. The van der Waals surface area contributed by atoms with Gasteiger partial charge < -0.3 is 20.3 Å². The zero-order valence-corrected chi connectivity index (χ0v) is 15.9. The standard InChI is InChI=1S/C20H25N5O3/c1-28-17-6-3-2-5-16(17)14-24-19(27)18(26)23-13-15-7-11-25(12-8-15)20-21-9-4-10-22-20/h2-6,9-10,15H,7-8,11-14H2,1H3,(H,23,26)(H,24,27). The minimum absolute atomic E-state index is 0.242. The summed E-state index contributed by atoms with van der Waals surface area (Å²) in [5.74, 6) is 0.508. The molecular formula is C20H25N5O3. The number of ether oxygens (including phenoxy) is 1. The smallest absolute Gasteiger partial charge is 0.309 e. The summed E-state index contributed by atoms with van der Waals surface area (Å²) in [7, 11) is 1.57. The van der Waals surface area contributed by atoms with Gasteiger partial charge in [-0.2, -0.15) is 0 Å². The van der Waals surface area contributed by atoms with Gasteiger partial charge >= 0.3 is 11.8 Å². The van der Waals surface area contributed by atoms with Crippen molar-refractivity contribution in [3.8, 4) is 5.75 Å². The first-order chi connectivity index (χ1) is 13.7. The molecule has 0 unspecified atom stereocenters. The number of nitrogens with one attached hydrogen (secondary N) is 2. The highest BCUT2D eigenvalue weighted by molar-refractivity contribution is 6.35. The Morgan fingerprint density at radius 3 is 2.46 bits per heavy atom. The fourth-order valence-electron chi connectivity index (χ4n) is 3.21. The minimum atomic E-state index is -0.638. The lowest BCUT2D eigenvalue weighted by Gasteiger charge is -2.31. The van der Waals surface area contributed by atoms with Crippen molar-refractivity contribution in [1.82, 2.24) is 20.6 Å². The number of carbonyl (C=O) groups excluding carboxylic acids is 2. The number of rotatable bonds is 6. The lowest BCUT2D eigenvalue weighted by Crippen LogP contribution is -2.44. The van der Waals surface area contributed by atoms with Gasteiger partial charge in [0.05, 0.1) is 7.11 Å². The molecule has 0 atom stereocenters. The predicted octanol–water partition coefficient (Wildman–Crippen LogP) is 1.13. The van der Waals surface area contributed by atoms with Crippen molar-refractivity contribution in [2.24, 2.45) is 5.92 Å². The van der Waals surface area contributed by atoms with Crippen molar-refractivity contribution in [2.45, 2.75) is 19.4 Å². The first kappa shape index (κ1) is 19.6. The minimum Gasteiger partial charge on any atom is -0.496 e. The Hall–Kier alpha value is -3.16. The molecule has 8 heteroatoms. The average molecular weight is 383 g/mol. The van der Waals surface area contributed by atoms with Crippen LogP contribution in [0.4, 0.5) is 5.95 Å². The van der Waals surface area contributed by atoms with Crippen LogP contribution in [-0.2, 0) is 16.1 Å². The number of carbonyl (C=O) groups is 2. The monoisotopic (exact) mass is 383 g/mol. The Bertz CT molecular complexity index is 791. The summed E-state index contributed by atoms with van der Waals surface area (Å²) >= 11 is 0. The summed E-state index contributed by atoms with van der Waals surface area (Å²) in [6.45, 7) is 2.41. The molecule has 0 spiro atoms. The van der Waals surface area contributed by atoms with E-state index in [1.165, 1.54) is 0 Å². The van der Waals surface area contributed by atoms with Gasteiger partial charge in [-0.25, -0.2) is 9.97 Å². The van der Waals surface area contributed by atoms with Crippen LogP contribution in [0.5, 0.6) is 5.75 Å². The lowest BCUT2D eigenvalue weighted by atomic mass is 9.97. The molecular weight excluding hydrogens is 358 g/mol. The molecule has 0 saturated carbocycles. The van der Waals surface area contributed by atoms with E-state index < -0.39 is 11.8 Å². The maximum Gasteiger partial charge on any atom is 0.309 e. The summed E-state index contributed by atoms with van der Waals surface area (Å²) in [6, 6.07) is 9.17. The third-order valence-electron chi connectivity index (χ3n) is 4.84. The van der Waals surface area contributed by atoms with Crippen molar-refractivity contribution in [2.75, 3.05) is 31.6 Å². The molecule has 2 amide bonds. The van der Waals surface area contributed by atoms with Crippen LogP contribution >= 0.6 is 0 Å². The van der Waals surface area contributed by atoms with Gasteiger partial charge in [0.1, 0.15) is 5.75 Å². The predicted molar refractivity (Wildman–Crippen MR) is 105 cm³/mol. The largest absolute Gasteiger partial charge is 0.496 e. The van der Waals surface area contributed by atoms with Crippen LogP contribution < -0.4 is 20.3 Å². The topological polar surface area (TPSA) is 96.4 Å². The van der Waals surface area contributed by atoms with E-state index in [-0.39, 0.29) is 6.54 Å². The van der Waals surface area contributed by atoms with Gasteiger partial charge in [0, 0.05) is 44.1 Å². The number of piperidine rings is 1. The highest BCUT2D eigenvalue weighted by Crippen LogP contribution is 2.19. The van der Waals surface area contributed by atoms with Gasteiger partial charge in [0.25, 0.3) is 0 Å². The Balaban J connectivity index is 1.39. The molecule has 1 aliphatic rings. The molecule has 1 saturated heterocycles. The van der Waals surface area contributed by atoms with Gasteiger partial charge in [-0.05, 0) is 30.9 Å². The molecule has 28 heavy (non-hydrogen) atoms. The van der Waals surface area contributed by atoms with Gasteiger partial charge in [-0.3, -0.25) is 9.59 Å². The number of amides is 2. The maximum absolute atomic E-state index is 12.1. The van der Waals surface area contributed by atoms with Crippen molar-refractivity contribution in [3.05, 3.63) is 48.3 Å². The number of benzene rings is 1. The third-order valence-corrected chi connectivity index (χ3v) is 4.84. The zero-order valence-electron chi connectivity index (χ0n) is 15.9. The first-order valence-corrected chi connectivity index (χ1v) is 9.37. The average Bonchev–Trinajstić information content (AvgIpc) is 2.77. The van der Waals surface area contributed by atoms with Gasteiger partial charge in [-0.1, -0.05) is 18.2 Å². The molecule has 3 rings (SSSR count). The molecule has 1 fully saturated rings. The Morgan fingerprint density at radius 2 is 1.75 bits per heavy atom.